The number of hydroxylamine groups is 1. The number of carbonyl (C=O) groups is 4. The molecule has 12 heteroatoms. The van der Waals surface area contributed by atoms with Gasteiger partial charge in [0.25, 0.3) is 11.1 Å². The molecule has 2 aromatic carbocycles. The van der Waals surface area contributed by atoms with Crippen molar-refractivity contribution >= 4 is 46.3 Å². The van der Waals surface area contributed by atoms with Gasteiger partial charge in [0.2, 0.25) is 11.8 Å². The van der Waals surface area contributed by atoms with Crippen LogP contribution in [0.1, 0.15) is 33.3 Å². The van der Waals surface area contributed by atoms with Crippen molar-refractivity contribution in [1.82, 2.24) is 10.3 Å². The maximum Gasteiger partial charge on any atom is 0.414 e. The third-order valence-electron chi connectivity index (χ3n) is 5.65. The molecule has 1 atom stereocenters. The van der Waals surface area contributed by atoms with Crippen LogP contribution in [0, 0.1) is 0 Å². The SMILES string of the molecule is CC(=O)N(Oc1ccc(CC2SC(=O)NC2=O)cc1)c1ccc(Oc2ccccn2)cc1N(C)C(=O)OC(C)(C)C. The van der Waals surface area contributed by atoms with E-state index in [2.05, 4.69) is 10.3 Å². The quantitative estimate of drug-likeness (QED) is 0.345. The summed E-state index contributed by atoms with van der Waals surface area (Å²) in [4.78, 5) is 60.6. The Morgan fingerprint density at radius 2 is 1.71 bits per heavy atom. The Balaban J connectivity index is 1.62. The molecule has 1 aliphatic heterocycles. The van der Waals surface area contributed by atoms with Crippen LogP contribution in [-0.2, 0) is 20.7 Å². The van der Waals surface area contributed by atoms with Crippen LogP contribution in [0.25, 0.3) is 0 Å². The van der Waals surface area contributed by atoms with E-state index in [0.717, 1.165) is 22.4 Å². The van der Waals surface area contributed by atoms with Crippen molar-refractivity contribution in [2.24, 2.45) is 0 Å². The lowest BCUT2D eigenvalue weighted by molar-refractivity contribution is -0.120. The van der Waals surface area contributed by atoms with E-state index >= 15 is 0 Å². The van der Waals surface area contributed by atoms with Gasteiger partial charge in [-0.15, -0.1) is 5.06 Å². The van der Waals surface area contributed by atoms with Crippen LogP contribution >= 0.6 is 11.8 Å². The summed E-state index contributed by atoms with van der Waals surface area (Å²) < 4.78 is 11.4. The van der Waals surface area contributed by atoms with E-state index in [1.807, 2.05) is 0 Å². The topological polar surface area (TPSA) is 127 Å². The summed E-state index contributed by atoms with van der Waals surface area (Å²) in [7, 11) is 1.52. The Hall–Kier alpha value is -4.58. The molecule has 1 aromatic heterocycles. The van der Waals surface area contributed by atoms with Crippen molar-refractivity contribution in [2.75, 3.05) is 17.0 Å². The number of aromatic nitrogens is 1. The summed E-state index contributed by atoms with van der Waals surface area (Å²) in [5, 5.41) is 2.48. The fraction of sp³-hybridized carbons (Fsp3) is 0.276. The van der Waals surface area contributed by atoms with E-state index in [-0.39, 0.29) is 22.5 Å². The van der Waals surface area contributed by atoms with Crippen molar-refractivity contribution in [3.8, 4) is 17.4 Å². The highest BCUT2D eigenvalue weighted by Gasteiger charge is 2.31. The molecule has 1 saturated heterocycles. The van der Waals surface area contributed by atoms with Gasteiger partial charge in [0.05, 0.1) is 10.9 Å². The normalized spacial score (nSPS) is 14.7. The number of imide groups is 1. The highest BCUT2D eigenvalue weighted by Crippen LogP contribution is 2.36. The second kappa shape index (κ2) is 12.3. The molecule has 3 aromatic rings. The molecule has 41 heavy (non-hydrogen) atoms. The Morgan fingerprint density at radius 1 is 1.00 bits per heavy atom. The van der Waals surface area contributed by atoms with Crippen LogP contribution in [0.15, 0.2) is 66.9 Å². The molecule has 1 aliphatic rings. The lowest BCUT2D eigenvalue weighted by atomic mass is 10.1. The summed E-state index contributed by atoms with van der Waals surface area (Å²) in [6, 6.07) is 16.9. The first-order chi connectivity index (χ1) is 19.4. The molecule has 214 valence electrons. The third kappa shape index (κ3) is 7.76. The highest BCUT2D eigenvalue weighted by atomic mass is 32.2. The van der Waals surface area contributed by atoms with Crippen molar-refractivity contribution < 1.29 is 33.5 Å². The van der Waals surface area contributed by atoms with Gasteiger partial charge in [-0.05, 0) is 63.1 Å². The van der Waals surface area contributed by atoms with E-state index in [0.29, 0.717) is 23.8 Å². The highest BCUT2D eigenvalue weighted by molar-refractivity contribution is 8.15. The largest absolute Gasteiger partial charge is 0.443 e. The minimum atomic E-state index is -0.753. The summed E-state index contributed by atoms with van der Waals surface area (Å²) >= 11 is 0.956. The van der Waals surface area contributed by atoms with Crippen LogP contribution in [0.3, 0.4) is 0 Å². The second-order valence-electron chi connectivity index (χ2n) is 10.1. The third-order valence-corrected chi connectivity index (χ3v) is 6.63. The Bertz CT molecular complexity index is 1440. The molecule has 1 N–H and O–H groups in total. The minimum absolute atomic E-state index is 0.265. The van der Waals surface area contributed by atoms with Crippen molar-refractivity contribution in [2.45, 2.75) is 45.0 Å². The van der Waals surface area contributed by atoms with Crippen molar-refractivity contribution in [3.63, 3.8) is 0 Å². The maximum absolute atomic E-state index is 13.0. The summed E-state index contributed by atoms with van der Waals surface area (Å²) in [5.74, 6) is 0.286. The van der Waals surface area contributed by atoms with E-state index in [1.54, 1.807) is 87.6 Å². The number of benzene rings is 2. The van der Waals surface area contributed by atoms with Crippen LogP contribution in [-0.4, -0.2) is 46.0 Å². The van der Waals surface area contributed by atoms with Gasteiger partial charge in [-0.25, -0.2) is 9.78 Å². The van der Waals surface area contributed by atoms with E-state index < -0.39 is 22.9 Å². The molecule has 0 aliphatic carbocycles. The number of nitrogens with zero attached hydrogens (tertiary/aromatic N) is 3. The number of nitrogens with one attached hydrogen (secondary N) is 1. The monoisotopic (exact) mass is 578 g/mol. The number of hydrogen-bond donors (Lipinski definition) is 1. The summed E-state index contributed by atoms with van der Waals surface area (Å²) in [6.45, 7) is 6.59. The zero-order chi connectivity index (χ0) is 29.7. The van der Waals surface area contributed by atoms with Gasteiger partial charge >= 0.3 is 6.09 Å². The van der Waals surface area contributed by atoms with Crippen LogP contribution in [0.4, 0.5) is 21.0 Å². The number of pyridine rings is 1. The number of rotatable bonds is 8. The fourth-order valence-electron chi connectivity index (χ4n) is 3.78. The summed E-state index contributed by atoms with van der Waals surface area (Å²) in [6.07, 6.45) is 1.31. The van der Waals surface area contributed by atoms with Crippen LogP contribution < -0.4 is 24.9 Å². The predicted molar refractivity (Wildman–Crippen MR) is 154 cm³/mol. The van der Waals surface area contributed by atoms with Crippen LogP contribution in [0.5, 0.6) is 17.4 Å². The van der Waals surface area contributed by atoms with Gasteiger partial charge in [0, 0.05) is 32.3 Å². The van der Waals surface area contributed by atoms with Crippen molar-refractivity contribution in [3.05, 3.63) is 72.4 Å². The zero-order valence-corrected chi connectivity index (χ0v) is 24.1. The first kappa shape index (κ1) is 29.4. The molecule has 1 fully saturated rings. The number of ether oxygens (including phenoxy) is 2. The van der Waals surface area contributed by atoms with Gasteiger partial charge in [0.1, 0.15) is 17.0 Å². The van der Waals surface area contributed by atoms with Crippen molar-refractivity contribution in [1.29, 1.82) is 0 Å². The average molecular weight is 579 g/mol. The standard InChI is InChI=1S/C29H30N4O7S/c1-18(34)33(40-20-11-9-19(10-12-20)16-24-26(35)31-27(36)41-24)22-14-13-21(38-25-8-6-7-15-30-25)17-23(22)32(5)28(37)39-29(2,3)4/h6-15,17,24H,16H2,1-5H3,(H,31,35,36). The van der Waals surface area contributed by atoms with Crippen LogP contribution in [0.2, 0.25) is 0 Å². The lowest BCUT2D eigenvalue weighted by Gasteiger charge is -2.29. The molecule has 0 saturated carbocycles. The smallest absolute Gasteiger partial charge is 0.414 e. The minimum Gasteiger partial charge on any atom is -0.443 e. The van der Waals surface area contributed by atoms with E-state index in [4.69, 9.17) is 14.3 Å². The molecule has 0 spiro atoms. The molecular formula is C29H30N4O7S. The molecule has 0 radical (unpaired) electrons. The molecule has 1 unspecified atom stereocenters. The van der Waals surface area contributed by atoms with Gasteiger partial charge in [-0.3, -0.25) is 24.6 Å². The first-order valence-electron chi connectivity index (χ1n) is 12.7. The molecular weight excluding hydrogens is 548 g/mol. The molecule has 11 nitrogen and oxygen atoms in total. The first-order valence-corrected chi connectivity index (χ1v) is 13.6. The second-order valence-corrected chi connectivity index (χ2v) is 11.3. The number of thioether (sulfide) groups is 1. The molecule has 4 amide bonds. The van der Waals surface area contributed by atoms with Gasteiger partial charge in [-0.2, -0.15) is 0 Å². The van der Waals surface area contributed by atoms with Gasteiger partial charge in [0.15, 0.2) is 5.75 Å². The number of carbonyl (C=O) groups excluding carboxylic acids is 4. The van der Waals surface area contributed by atoms with E-state index in [1.165, 1.54) is 18.9 Å². The number of amides is 4. The predicted octanol–water partition coefficient (Wildman–Crippen LogP) is 5.49. The molecule has 2 heterocycles. The number of anilines is 2. The zero-order valence-electron chi connectivity index (χ0n) is 23.2. The number of hydrogen-bond acceptors (Lipinski definition) is 9. The van der Waals surface area contributed by atoms with E-state index in [9.17, 15) is 19.2 Å². The Kier molecular flexibility index (Phi) is 8.82. The summed E-state index contributed by atoms with van der Waals surface area (Å²) in [5.41, 5.74) is 0.613. The fourth-order valence-corrected chi connectivity index (χ4v) is 4.64. The maximum atomic E-state index is 13.0. The van der Waals surface area contributed by atoms with Gasteiger partial charge < -0.3 is 14.3 Å². The molecule has 4 rings (SSSR count). The Morgan fingerprint density at radius 3 is 2.29 bits per heavy atom. The lowest BCUT2D eigenvalue weighted by Crippen LogP contribution is -2.37. The van der Waals surface area contributed by atoms with Gasteiger partial charge in [-0.1, -0.05) is 30.0 Å². The molecule has 0 bridgehead atoms. The average Bonchev–Trinajstić information content (AvgIpc) is 3.23. The Labute approximate surface area is 241 Å².